The normalized spacial score (nSPS) is 10.5. The van der Waals surface area contributed by atoms with Crippen molar-refractivity contribution in [2.75, 3.05) is 5.32 Å². The Morgan fingerprint density at radius 2 is 1.62 bits per heavy atom. The Hall–Kier alpha value is -2.24. The van der Waals surface area contributed by atoms with Gasteiger partial charge in [-0.05, 0) is 24.3 Å². The average Bonchev–Trinajstić information content (AvgIpc) is 2.59. The molecule has 0 aliphatic heterocycles. The van der Waals surface area contributed by atoms with E-state index in [2.05, 4.69) is 5.32 Å². The molecule has 26 heavy (non-hydrogen) atoms. The average molecular weight is 396 g/mol. The van der Waals surface area contributed by atoms with Gasteiger partial charge in [0.1, 0.15) is 11.5 Å². The van der Waals surface area contributed by atoms with Crippen LogP contribution in [0, 0.1) is 5.92 Å². The van der Waals surface area contributed by atoms with Crippen molar-refractivity contribution < 1.29 is 19.1 Å². The molecule has 0 atom stereocenters. The van der Waals surface area contributed by atoms with Crippen LogP contribution in [-0.2, 0) is 9.59 Å². The van der Waals surface area contributed by atoms with Crippen molar-refractivity contribution in [2.24, 2.45) is 5.92 Å². The maximum absolute atomic E-state index is 11.7. The molecular formula is C19H19Cl2NO4. The van der Waals surface area contributed by atoms with Crippen molar-refractivity contribution in [3.05, 3.63) is 46.4 Å². The molecule has 0 fully saturated rings. The summed E-state index contributed by atoms with van der Waals surface area (Å²) in [6.07, 6.45) is 0.243. The van der Waals surface area contributed by atoms with Crippen LogP contribution in [0.1, 0.15) is 27.2 Å². The maximum Gasteiger partial charge on any atom is 0.310 e. The quantitative estimate of drug-likeness (QED) is 0.503. The minimum atomic E-state index is -0.384. The van der Waals surface area contributed by atoms with E-state index < -0.39 is 0 Å². The van der Waals surface area contributed by atoms with E-state index in [0.29, 0.717) is 11.4 Å². The molecular weight excluding hydrogens is 377 g/mol. The van der Waals surface area contributed by atoms with Gasteiger partial charge in [-0.3, -0.25) is 9.59 Å². The largest absolute Gasteiger partial charge is 0.454 e. The molecule has 2 rings (SSSR count). The molecule has 5 nitrogen and oxygen atoms in total. The molecule has 7 heteroatoms. The van der Waals surface area contributed by atoms with Crippen molar-refractivity contribution in [2.45, 2.75) is 27.2 Å². The number of nitrogens with one attached hydrogen (secondary N) is 1. The number of rotatable bonds is 6. The molecule has 0 aliphatic carbocycles. The van der Waals surface area contributed by atoms with E-state index in [1.54, 1.807) is 31.2 Å². The molecule has 0 saturated heterocycles. The number of benzene rings is 2. The molecule has 0 bridgehead atoms. The molecule has 138 valence electrons. The molecule has 0 spiro atoms. The van der Waals surface area contributed by atoms with Crippen molar-refractivity contribution >= 4 is 40.8 Å². The zero-order valence-corrected chi connectivity index (χ0v) is 16.1. The molecule has 2 aromatic carbocycles. The molecule has 0 aliphatic rings. The van der Waals surface area contributed by atoms with Crippen molar-refractivity contribution in [3.63, 3.8) is 0 Å². The highest BCUT2D eigenvalue weighted by molar-refractivity contribution is 6.37. The van der Waals surface area contributed by atoms with E-state index in [1.807, 2.05) is 13.8 Å². The summed E-state index contributed by atoms with van der Waals surface area (Å²) in [5.74, 6) is 0.444. The number of carbonyl (C=O) groups is 2. The molecule has 1 N–H and O–H groups in total. The lowest BCUT2D eigenvalue weighted by molar-refractivity contribution is -0.134. The number of esters is 1. The van der Waals surface area contributed by atoms with Crippen LogP contribution in [0.4, 0.5) is 5.69 Å². The van der Waals surface area contributed by atoms with E-state index in [-0.39, 0.29) is 45.8 Å². The highest BCUT2D eigenvalue weighted by Crippen LogP contribution is 2.39. The second kappa shape index (κ2) is 8.92. The summed E-state index contributed by atoms with van der Waals surface area (Å²) in [4.78, 5) is 23.1. The Morgan fingerprint density at radius 1 is 1.04 bits per heavy atom. The molecule has 2 aromatic rings. The van der Waals surface area contributed by atoms with Gasteiger partial charge in [-0.2, -0.15) is 0 Å². The lowest BCUT2D eigenvalue weighted by Gasteiger charge is -2.12. The minimum absolute atomic E-state index is 0.0676. The standard InChI is InChI=1S/C19H19Cl2NO4/c1-4-17(23)25-14-9-15(20)18(16(21)10-14)26-13-7-5-12(6-8-13)22-19(24)11(2)3/h5-11H,4H2,1-3H3,(H,22,24). The monoisotopic (exact) mass is 395 g/mol. The number of amides is 1. The van der Waals surface area contributed by atoms with Gasteiger partial charge < -0.3 is 14.8 Å². The topological polar surface area (TPSA) is 64.6 Å². The predicted octanol–water partition coefficient (Wildman–Crippen LogP) is 5.70. The third kappa shape index (κ3) is 5.38. The fourth-order valence-corrected chi connectivity index (χ4v) is 2.45. The number of anilines is 1. The van der Waals surface area contributed by atoms with E-state index in [4.69, 9.17) is 32.7 Å². The van der Waals surface area contributed by atoms with Crippen LogP contribution in [0.15, 0.2) is 36.4 Å². The summed E-state index contributed by atoms with van der Waals surface area (Å²) in [6.45, 7) is 5.33. The minimum Gasteiger partial charge on any atom is -0.454 e. The highest BCUT2D eigenvalue weighted by Gasteiger charge is 2.14. The molecule has 1 amide bonds. The van der Waals surface area contributed by atoms with E-state index >= 15 is 0 Å². The fraction of sp³-hybridized carbons (Fsp3) is 0.263. The molecule has 0 radical (unpaired) electrons. The highest BCUT2D eigenvalue weighted by atomic mass is 35.5. The van der Waals surface area contributed by atoms with Gasteiger partial charge >= 0.3 is 5.97 Å². The van der Waals surface area contributed by atoms with Crippen LogP contribution < -0.4 is 14.8 Å². The lowest BCUT2D eigenvalue weighted by atomic mass is 10.2. The Bertz CT molecular complexity index is 781. The van der Waals surface area contributed by atoms with E-state index in [9.17, 15) is 9.59 Å². The zero-order chi connectivity index (χ0) is 19.3. The zero-order valence-electron chi connectivity index (χ0n) is 14.6. The van der Waals surface area contributed by atoms with Crippen LogP contribution in [0.5, 0.6) is 17.2 Å². The van der Waals surface area contributed by atoms with Gasteiger partial charge in [0.25, 0.3) is 0 Å². The van der Waals surface area contributed by atoms with Gasteiger partial charge in [0, 0.05) is 30.2 Å². The number of carbonyl (C=O) groups excluding carboxylic acids is 2. The summed E-state index contributed by atoms with van der Waals surface area (Å²) >= 11 is 12.4. The first-order valence-electron chi connectivity index (χ1n) is 8.08. The number of hydrogen-bond donors (Lipinski definition) is 1. The Labute approximate surface area is 162 Å². The van der Waals surface area contributed by atoms with Gasteiger partial charge in [-0.25, -0.2) is 0 Å². The summed E-state index contributed by atoms with van der Waals surface area (Å²) in [7, 11) is 0. The Balaban J connectivity index is 2.13. The SMILES string of the molecule is CCC(=O)Oc1cc(Cl)c(Oc2ccc(NC(=O)C(C)C)cc2)c(Cl)c1. The molecule has 0 saturated carbocycles. The van der Waals surface area contributed by atoms with Crippen molar-refractivity contribution in [3.8, 4) is 17.2 Å². The first-order chi connectivity index (χ1) is 12.3. The van der Waals surface area contributed by atoms with Gasteiger partial charge in [-0.1, -0.05) is 44.0 Å². The Morgan fingerprint density at radius 3 is 2.12 bits per heavy atom. The smallest absolute Gasteiger partial charge is 0.310 e. The summed E-state index contributed by atoms with van der Waals surface area (Å²) in [5, 5.41) is 3.22. The Kier molecular flexibility index (Phi) is 6.89. The fourth-order valence-electron chi connectivity index (χ4n) is 1.91. The lowest BCUT2D eigenvalue weighted by Crippen LogP contribution is -2.17. The van der Waals surface area contributed by atoms with Gasteiger partial charge in [-0.15, -0.1) is 0 Å². The van der Waals surface area contributed by atoms with Crippen LogP contribution in [-0.4, -0.2) is 11.9 Å². The maximum atomic E-state index is 11.7. The number of ether oxygens (including phenoxy) is 2. The summed E-state index contributed by atoms with van der Waals surface area (Å²) in [6, 6.07) is 9.74. The van der Waals surface area contributed by atoms with Gasteiger partial charge in [0.2, 0.25) is 5.91 Å². The molecule has 0 heterocycles. The first kappa shape index (κ1) is 20.1. The van der Waals surface area contributed by atoms with E-state index in [1.165, 1.54) is 12.1 Å². The third-order valence-corrected chi connectivity index (χ3v) is 3.92. The second-order valence-corrected chi connectivity index (χ2v) is 6.63. The summed E-state index contributed by atoms with van der Waals surface area (Å²) < 4.78 is 10.8. The summed E-state index contributed by atoms with van der Waals surface area (Å²) in [5.41, 5.74) is 0.662. The second-order valence-electron chi connectivity index (χ2n) is 5.81. The predicted molar refractivity (Wildman–Crippen MR) is 102 cm³/mol. The van der Waals surface area contributed by atoms with Gasteiger partial charge in [0.05, 0.1) is 10.0 Å². The molecule has 0 aromatic heterocycles. The van der Waals surface area contributed by atoms with Crippen molar-refractivity contribution in [1.82, 2.24) is 0 Å². The van der Waals surface area contributed by atoms with Crippen molar-refractivity contribution in [1.29, 1.82) is 0 Å². The third-order valence-electron chi connectivity index (χ3n) is 3.36. The van der Waals surface area contributed by atoms with Crippen LogP contribution in [0.2, 0.25) is 10.0 Å². The number of hydrogen-bond acceptors (Lipinski definition) is 4. The first-order valence-corrected chi connectivity index (χ1v) is 8.84. The number of halogens is 2. The van der Waals surface area contributed by atoms with Crippen LogP contribution >= 0.6 is 23.2 Å². The van der Waals surface area contributed by atoms with E-state index in [0.717, 1.165) is 0 Å². The molecule has 0 unspecified atom stereocenters. The van der Waals surface area contributed by atoms with Crippen LogP contribution in [0.25, 0.3) is 0 Å². The van der Waals surface area contributed by atoms with Gasteiger partial charge in [0.15, 0.2) is 5.75 Å². The van der Waals surface area contributed by atoms with Crippen LogP contribution in [0.3, 0.4) is 0 Å².